The molecule has 1 N–H and O–H groups in total. The van der Waals surface area contributed by atoms with E-state index in [9.17, 15) is 14.4 Å². The maximum atomic E-state index is 13.6. The van der Waals surface area contributed by atoms with E-state index in [1.807, 2.05) is 54.6 Å². The molecule has 0 spiro atoms. The number of methoxy groups -OCH3 is 1. The van der Waals surface area contributed by atoms with Gasteiger partial charge in [0.1, 0.15) is 6.54 Å². The van der Waals surface area contributed by atoms with Gasteiger partial charge in [0.25, 0.3) is 5.91 Å². The number of nitrogens with one attached hydrogen (secondary N) is 1. The molecule has 0 radical (unpaired) electrons. The fraction of sp³-hybridized carbons (Fsp3) is 0.107. The van der Waals surface area contributed by atoms with E-state index in [1.165, 1.54) is 25.4 Å². The standard InChI is InChI=1S/C28H22N4O4S/c1-17(33)29-19-12-13-24-25(14-19)37-28(32(24)16-26(34)36-2)31-27(35)21-15-23(18-8-4-3-5-9-18)30-22-11-7-6-10-20(21)22/h3-15H,16H2,1-2H3,(H,29,33). The number of aromatic nitrogens is 2. The van der Waals surface area contributed by atoms with Crippen LogP contribution in [0, 0.1) is 0 Å². The van der Waals surface area contributed by atoms with Gasteiger partial charge in [-0.1, -0.05) is 59.9 Å². The Bertz CT molecular complexity index is 1740. The van der Waals surface area contributed by atoms with Crippen LogP contribution in [-0.4, -0.2) is 34.4 Å². The van der Waals surface area contributed by atoms with Gasteiger partial charge >= 0.3 is 5.97 Å². The number of benzene rings is 3. The summed E-state index contributed by atoms with van der Waals surface area (Å²) in [5.41, 5.74) is 3.94. The normalized spacial score (nSPS) is 11.6. The fourth-order valence-corrected chi connectivity index (χ4v) is 5.11. The number of hydrogen-bond donors (Lipinski definition) is 1. The molecular formula is C28H22N4O4S. The van der Waals surface area contributed by atoms with E-state index >= 15 is 0 Å². The zero-order valence-corrected chi connectivity index (χ0v) is 20.9. The van der Waals surface area contributed by atoms with Gasteiger partial charge in [-0.15, -0.1) is 0 Å². The molecule has 0 aliphatic carbocycles. The zero-order chi connectivity index (χ0) is 25.9. The lowest BCUT2D eigenvalue weighted by atomic mass is 10.0. The van der Waals surface area contributed by atoms with Crippen molar-refractivity contribution in [2.45, 2.75) is 13.5 Å². The quantitative estimate of drug-likeness (QED) is 0.343. The minimum Gasteiger partial charge on any atom is -0.468 e. The Balaban J connectivity index is 1.68. The van der Waals surface area contributed by atoms with Crippen molar-refractivity contribution in [2.75, 3.05) is 12.4 Å². The van der Waals surface area contributed by atoms with E-state index < -0.39 is 11.9 Å². The number of para-hydroxylation sites is 1. The zero-order valence-electron chi connectivity index (χ0n) is 20.1. The molecule has 0 aliphatic rings. The van der Waals surface area contributed by atoms with Crippen LogP contribution >= 0.6 is 11.3 Å². The molecule has 2 aromatic heterocycles. The highest BCUT2D eigenvalue weighted by molar-refractivity contribution is 7.16. The van der Waals surface area contributed by atoms with Crippen molar-refractivity contribution < 1.29 is 19.1 Å². The summed E-state index contributed by atoms with van der Waals surface area (Å²) in [5, 5.41) is 3.43. The Kier molecular flexibility index (Phi) is 6.61. The molecule has 0 atom stereocenters. The molecule has 2 heterocycles. The third kappa shape index (κ3) is 5.03. The predicted molar refractivity (Wildman–Crippen MR) is 143 cm³/mol. The van der Waals surface area contributed by atoms with Crippen molar-refractivity contribution in [3.8, 4) is 11.3 Å². The Labute approximate surface area is 215 Å². The van der Waals surface area contributed by atoms with Gasteiger partial charge in [-0.2, -0.15) is 4.99 Å². The Morgan fingerprint density at radius 2 is 1.76 bits per heavy atom. The number of pyridine rings is 1. The minimum absolute atomic E-state index is 0.117. The van der Waals surface area contributed by atoms with Crippen LogP contribution in [-0.2, 0) is 20.9 Å². The average Bonchev–Trinajstić information content (AvgIpc) is 3.23. The number of carbonyl (C=O) groups is 3. The van der Waals surface area contributed by atoms with Gasteiger partial charge in [0.15, 0.2) is 4.80 Å². The van der Waals surface area contributed by atoms with E-state index in [-0.39, 0.29) is 12.5 Å². The molecule has 2 amide bonds. The third-order valence-corrected chi connectivity index (χ3v) is 6.77. The molecule has 0 saturated carbocycles. The highest BCUT2D eigenvalue weighted by Crippen LogP contribution is 2.26. The highest BCUT2D eigenvalue weighted by Gasteiger charge is 2.16. The first kappa shape index (κ1) is 24.1. The lowest BCUT2D eigenvalue weighted by Gasteiger charge is -2.08. The van der Waals surface area contributed by atoms with Gasteiger partial charge in [0.05, 0.1) is 34.1 Å². The molecule has 0 unspecified atom stereocenters. The van der Waals surface area contributed by atoms with E-state index in [4.69, 9.17) is 9.72 Å². The number of amides is 2. The molecule has 0 fully saturated rings. The topological polar surface area (TPSA) is 103 Å². The van der Waals surface area contributed by atoms with Crippen molar-refractivity contribution in [1.82, 2.24) is 9.55 Å². The summed E-state index contributed by atoms with van der Waals surface area (Å²) in [7, 11) is 1.31. The number of anilines is 1. The van der Waals surface area contributed by atoms with Gasteiger partial charge in [-0.25, -0.2) is 4.98 Å². The first-order chi connectivity index (χ1) is 17.9. The lowest BCUT2D eigenvalue weighted by Crippen LogP contribution is -2.22. The fourth-order valence-electron chi connectivity index (χ4n) is 4.04. The molecule has 0 saturated heterocycles. The first-order valence-electron chi connectivity index (χ1n) is 11.4. The van der Waals surface area contributed by atoms with Crippen molar-refractivity contribution in [2.24, 2.45) is 4.99 Å². The summed E-state index contributed by atoms with van der Waals surface area (Å²) in [6.07, 6.45) is 0. The SMILES string of the molecule is COC(=O)Cn1c(=NC(=O)c2cc(-c3ccccc3)nc3ccccc23)sc2cc(NC(C)=O)ccc21. The number of carbonyl (C=O) groups excluding carboxylic acids is 3. The van der Waals surface area contributed by atoms with Gasteiger partial charge in [0.2, 0.25) is 5.91 Å². The molecule has 5 aromatic rings. The summed E-state index contributed by atoms with van der Waals surface area (Å²) < 4.78 is 7.27. The highest BCUT2D eigenvalue weighted by atomic mass is 32.1. The number of fused-ring (bicyclic) bond motifs is 2. The van der Waals surface area contributed by atoms with E-state index in [0.717, 1.165) is 10.3 Å². The summed E-state index contributed by atoms with van der Waals surface area (Å²) in [6.45, 7) is 1.31. The molecule has 184 valence electrons. The van der Waals surface area contributed by atoms with E-state index in [1.54, 1.807) is 28.8 Å². The Hall–Kier alpha value is -4.63. The lowest BCUT2D eigenvalue weighted by molar-refractivity contribution is -0.141. The summed E-state index contributed by atoms with van der Waals surface area (Å²) in [5.74, 6) is -1.12. The van der Waals surface area contributed by atoms with Crippen LogP contribution in [0.5, 0.6) is 0 Å². The van der Waals surface area contributed by atoms with Gasteiger partial charge < -0.3 is 14.6 Å². The summed E-state index contributed by atoms with van der Waals surface area (Å²) in [4.78, 5) is 46.9. The van der Waals surface area contributed by atoms with Crippen molar-refractivity contribution in [3.63, 3.8) is 0 Å². The number of hydrogen-bond acceptors (Lipinski definition) is 6. The van der Waals surface area contributed by atoms with Crippen molar-refractivity contribution in [3.05, 3.63) is 89.2 Å². The number of rotatable bonds is 5. The molecule has 9 heteroatoms. The largest absolute Gasteiger partial charge is 0.468 e. The van der Waals surface area contributed by atoms with Gasteiger partial charge in [-0.3, -0.25) is 14.4 Å². The molecule has 8 nitrogen and oxygen atoms in total. The van der Waals surface area contributed by atoms with Crippen LogP contribution in [0.3, 0.4) is 0 Å². The van der Waals surface area contributed by atoms with Crippen molar-refractivity contribution >= 4 is 55.9 Å². The molecular weight excluding hydrogens is 488 g/mol. The van der Waals surface area contributed by atoms with E-state index in [2.05, 4.69) is 10.3 Å². The maximum Gasteiger partial charge on any atom is 0.325 e. The molecule has 5 rings (SSSR count). The first-order valence-corrected chi connectivity index (χ1v) is 12.3. The second kappa shape index (κ2) is 10.2. The average molecular weight is 511 g/mol. The van der Waals surface area contributed by atoms with Gasteiger partial charge in [0, 0.05) is 23.6 Å². The number of ether oxygens (including phenoxy) is 1. The Morgan fingerprint density at radius 1 is 1.00 bits per heavy atom. The minimum atomic E-state index is -0.472. The smallest absolute Gasteiger partial charge is 0.325 e. The monoisotopic (exact) mass is 510 g/mol. The van der Waals surface area contributed by atoms with Crippen LogP contribution in [0.25, 0.3) is 32.4 Å². The number of esters is 1. The van der Waals surface area contributed by atoms with E-state index in [0.29, 0.717) is 38.2 Å². The second-order valence-electron chi connectivity index (χ2n) is 8.27. The molecule has 3 aromatic carbocycles. The Morgan fingerprint density at radius 3 is 2.51 bits per heavy atom. The maximum absolute atomic E-state index is 13.6. The molecule has 0 bridgehead atoms. The van der Waals surface area contributed by atoms with Crippen LogP contribution < -0.4 is 10.1 Å². The molecule has 0 aliphatic heterocycles. The summed E-state index contributed by atoms with van der Waals surface area (Å²) in [6, 6.07) is 24.1. The number of nitrogens with zero attached hydrogens (tertiary/aromatic N) is 3. The van der Waals surface area contributed by atoms with Crippen LogP contribution in [0.4, 0.5) is 5.69 Å². The second-order valence-corrected chi connectivity index (χ2v) is 9.27. The molecule has 37 heavy (non-hydrogen) atoms. The van der Waals surface area contributed by atoms with Crippen LogP contribution in [0.1, 0.15) is 17.3 Å². The van der Waals surface area contributed by atoms with Crippen LogP contribution in [0.15, 0.2) is 83.9 Å². The summed E-state index contributed by atoms with van der Waals surface area (Å²) >= 11 is 1.25. The van der Waals surface area contributed by atoms with Crippen molar-refractivity contribution in [1.29, 1.82) is 0 Å². The van der Waals surface area contributed by atoms with Crippen LogP contribution in [0.2, 0.25) is 0 Å². The predicted octanol–water partition coefficient (Wildman–Crippen LogP) is 4.79. The number of thiazole rings is 1. The third-order valence-electron chi connectivity index (χ3n) is 5.73. The van der Waals surface area contributed by atoms with Gasteiger partial charge in [-0.05, 0) is 30.3 Å².